The van der Waals surface area contributed by atoms with Gasteiger partial charge in [-0.15, -0.1) is 0 Å². The number of nitrogens with two attached hydrogens (primary N) is 1. The SMILES string of the molecule is COCCC(C)C(N)C(F)F. The van der Waals surface area contributed by atoms with E-state index in [9.17, 15) is 8.78 Å². The topological polar surface area (TPSA) is 35.2 Å². The Morgan fingerprint density at radius 3 is 2.36 bits per heavy atom. The van der Waals surface area contributed by atoms with Crippen LogP contribution in [-0.4, -0.2) is 26.2 Å². The van der Waals surface area contributed by atoms with Crippen molar-refractivity contribution in [2.24, 2.45) is 11.7 Å². The maximum atomic E-state index is 11.9. The van der Waals surface area contributed by atoms with Crippen LogP contribution in [0.4, 0.5) is 8.78 Å². The van der Waals surface area contributed by atoms with Crippen LogP contribution in [0.1, 0.15) is 13.3 Å². The molecule has 0 amide bonds. The second-order valence-electron chi connectivity index (χ2n) is 2.67. The minimum absolute atomic E-state index is 0.185. The number of ether oxygens (including phenoxy) is 1. The van der Waals surface area contributed by atoms with Gasteiger partial charge in [0.2, 0.25) is 0 Å². The third kappa shape index (κ3) is 4.27. The van der Waals surface area contributed by atoms with Gasteiger partial charge >= 0.3 is 0 Å². The number of methoxy groups -OCH3 is 1. The normalized spacial score (nSPS) is 16.9. The molecule has 0 saturated carbocycles. The summed E-state index contributed by atoms with van der Waals surface area (Å²) in [6.45, 7) is 2.19. The summed E-state index contributed by atoms with van der Waals surface area (Å²) >= 11 is 0. The smallest absolute Gasteiger partial charge is 0.253 e. The first kappa shape index (κ1) is 10.8. The minimum atomic E-state index is -2.43. The third-order valence-corrected chi connectivity index (χ3v) is 1.73. The Kier molecular flexibility index (Phi) is 5.32. The Morgan fingerprint density at radius 2 is 2.00 bits per heavy atom. The van der Waals surface area contributed by atoms with E-state index in [4.69, 9.17) is 10.5 Å². The average Bonchev–Trinajstić information content (AvgIpc) is 1.98. The van der Waals surface area contributed by atoms with Gasteiger partial charge < -0.3 is 10.5 Å². The van der Waals surface area contributed by atoms with Crippen LogP contribution < -0.4 is 5.73 Å². The lowest BCUT2D eigenvalue weighted by Crippen LogP contribution is -2.35. The highest BCUT2D eigenvalue weighted by molar-refractivity contribution is 4.70. The van der Waals surface area contributed by atoms with Crippen LogP contribution in [-0.2, 0) is 4.74 Å². The van der Waals surface area contributed by atoms with Crippen LogP contribution in [0.25, 0.3) is 0 Å². The van der Waals surface area contributed by atoms with E-state index < -0.39 is 12.5 Å². The summed E-state index contributed by atoms with van der Waals surface area (Å²) in [5.41, 5.74) is 5.20. The highest BCUT2D eigenvalue weighted by Crippen LogP contribution is 2.12. The fourth-order valence-corrected chi connectivity index (χ4v) is 0.745. The largest absolute Gasteiger partial charge is 0.385 e. The first-order valence-corrected chi connectivity index (χ1v) is 3.62. The van der Waals surface area contributed by atoms with Gasteiger partial charge in [-0.2, -0.15) is 0 Å². The van der Waals surface area contributed by atoms with Gasteiger partial charge in [0, 0.05) is 13.7 Å². The number of hydrogen-bond donors (Lipinski definition) is 1. The minimum Gasteiger partial charge on any atom is -0.385 e. The van der Waals surface area contributed by atoms with Gasteiger partial charge in [0.05, 0.1) is 6.04 Å². The molecule has 0 aromatic rings. The van der Waals surface area contributed by atoms with Gasteiger partial charge in [-0.1, -0.05) is 6.92 Å². The fraction of sp³-hybridized carbons (Fsp3) is 1.00. The predicted octanol–water partition coefficient (Wildman–Crippen LogP) is 1.25. The van der Waals surface area contributed by atoms with Crippen molar-refractivity contribution in [3.63, 3.8) is 0 Å². The molecular formula is C7H15F2NO. The Labute approximate surface area is 65.7 Å². The molecule has 0 aromatic heterocycles. The van der Waals surface area contributed by atoms with E-state index in [0.29, 0.717) is 13.0 Å². The van der Waals surface area contributed by atoms with Crippen molar-refractivity contribution < 1.29 is 13.5 Å². The second kappa shape index (κ2) is 5.43. The van der Waals surface area contributed by atoms with Crippen LogP contribution >= 0.6 is 0 Å². The lowest BCUT2D eigenvalue weighted by atomic mass is 10.0. The molecule has 0 radical (unpaired) electrons. The van der Waals surface area contributed by atoms with Crippen LogP contribution in [0.15, 0.2) is 0 Å². The molecule has 0 bridgehead atoms. The van der Waals surface area contributed by atoms with E-state index in [0.717, 1.165) is 0 Å². The van der Waals surface area contributed by atoms with Gasteiger partial charge in [0.25, 0.3) is 6.43 Å². The molecule has 2 atom stereocenters. The zero-order chi connectivity index (χ0) is 8.85. The van der Waals surface area contributed by atoms with Gasteiger partial charge in [-0.05, 0) is 12.3 Å². The van der Waals surface area contributed by atoms with Crippen molar-refractivity contribution in [3.05, 3.63) is 0 Å². The molecule has 0 spiro atoms. The van der Waals surface area contributed by atoms with E-state index in [1.807, 2.05) is 0 Å². The fourth-order valence-electron chi connectivity index (χ4n) is 0.745. The van der Waals surface area contributed by atoms with E-state index >= 15 is 0 Å². The van der Waals surface area contributed by atoms with Crippen molar-refractivity contribution in [1.29, 1.82) is 0 Å². The number of halogens is 2. The molecule has 0 saturated heterocycles. The lowest BCUT2D eigenvalue weighted by molar-refractivity contribution is 0.0802. The molecule has 11 heavy (non-hydrogen) atoms. The molecular weight excluding hydrogens is 152 g/mol. The summed E-state index contributed by atoms with van der Waals surface area (Å²) in [6.07, 6.45) is -1.84. The van der Waals surface area contributed by atoms with Crippen molar-refractivity contribution >= 4 is 0 Å². The summed E-state index contributed by atoms with van der Waals surface area (Å²) in [5.74, 6) is -0.185. The summed E-state index contributed by atoms with van der Waals surface area (Å²) in [6, 6.07) is -1.02. The standard InChI is InChI=1S/C7H15F2NO/c1-5(3-4-11-2)6(10)7(8)9/h5-7H,3-4,10H2,1-2H3. The molecule has 0 aliphatic heterocycles. The van der Waals surface area contributed by atoms with E-state index in [2.05, 4.69) is 0 Å². The molecule has 2 nitrogen and oxygen atoms in total. The highest BCUT2D eigenvalue weighted by atomic mass is 19.3. The Balaban J connectivity index is 3.55. The third-order valence-electron chi connectivity index (χ3n) is 1.73. The summed E-state index contributed by atoms with van der Waals surface area (Å²) < 4.78 is 28.6. The Bertz CT molecular complexity index is 100. The highest BCUT2D eigenvalue weighted by Gasteiger charge is 2.21. The molecule has 68 valence electrons. The Morgan fingerprint density at radius 1 is 1.45 bits per heavy atom. The van der Waals surface area contributed by atoms with Crippen LogP contribution in [0, 0.1) is 5.92 Å². The predicted molar refractivity (Wildman–Crippen MR) is 39.6 cm³/mol. The number of alkyl halides is 2. The zero-order valence-corrected chi connectivity index (χ0v) is 6.89. The average molecular weight is 167 g/mol. The maximum Gasteiger partial charge on any atom is 0.253 e. The number of hydrogen-bond acceptors (Lipinski definition) is 2. The van der Waals surface area contributed by atoms with Crippen molar-refractivity contribution in [2.75, 3.05) is 13.7 Å². The van der Waals surface area contributed by atoms with E-state index in [1.165, 1.54) is 0 Å². The monoisotopic (exact) mass is 167 g/mol. The molecule has 2 unspecified atom stereocenters. The van der Waals surface area contributed by atoms with Gasteiger partial charge in [0.1, 0.15) is 0 Å². The molecule has 0 aliphatic rings. The molecule has 0 aromatic carbocycles. The molecule has 0 fully saturated rings. The first-order valence-electron chi connectivity index (χ1n) is 3.62. The quantitative estimate of drug-likeness (QED) is 0.668. The van der Waals surface area contributed by atoms with Crippen molar-refractivity contribution in [2.45, 2.75) is 25.8 Å². The van der Waals surface area contributed by atoms with E-state index in [-0.39, 0.29) is 5.92 Å². The van der Waals surface area contributed by atoms with Gasteiger partial charge in [-0.3, -0.25) is 0 Å². The van der Waals surface area contributed by atoms with Crippen molar-refractivity contribution in [3.8, 4) is 0 Å². The van der Waals surface area contributed by atoms with Crippen molar-refractivity contribution in [1.82, 2.24) is 0 Å². The zero-order valence-electron chi connectivity index (χ0n) is 6.89. The number of rotatable bonds is 5. The molecule has 0 rings (SSSR count). The van der Waals surface area contributed by atoms with Crippen LogP contribution in [0.2, 0.25) is 0 Å². The first-order chi connectivity index (χ1) is 5.09. The maximum absolute atomic E-state index is 11.9. The molecule has 2 N–H and O–H groups in total. The summed E-state index contributed by atoms with van der Waals surface area (Å²) in [5, 5.41) is 0. The van der Waals surface area contributed by atoms with Gasteiger partial charge in [-0.25, -0.2) is 8.78 Å². The van der Waals surface area contributed by atoms with Gasteiger partial charge in [0.15, 0.2) is 0 Å². The van der Waals surface area contributed by atoms with E-state index in [1.54, 1.807) is 14.0 Å². The van der Waals surface area contributed by atoms with Crippen LogP contribution in [0.3, 0.4) is 0 Å². The second-order valence-corrected chi connectivity index (χ2v) is 2.67. The van der Waals surface area contributed by atoms with Crippen LogP contribution in [0.5, 0.6) is 0 Å². The summed E-state index contributed by atoms with van der Waals surface area (Å²) in [7, 11) is 1.54. The molecule has 4 heteroatoms. The molecule has 0 heterocycles. The lowest BCUT2D eigenvalue weighted by Gasteiger charge is -2.17. The molecule has 0 aliphatic carbocycles. The summed E-state index contributed by atoms with van der Waals surface area (Å²) in [4.78, 5) is 0. The Hall–Kier alpha value is -0.220.